The van der Waals surface area contributed by atoms with Crippen molar-refractivity contribution in [2.45, 2.75) is 18.2 Å². The number of benzene rings is 1. The van der Waals surface area contributed by atoms with Gasteiger partial charge in [0.25, 0.3) is 0 Å². The van der Waals surface area contributed by atoms with E-state index in [1.807, 2.05) is 13.0 Å². The van der Waals surface area contributed by atoms with Gasteiger partial charge in [0.05, 0.1) is 11.5 Å². The van der Waals surface area contributed by atoms with E-state index in [2.05, 4.69) is 6.58 Å². The van der Waals surface area contributed by atoms with E-state index >= 15 is 0 Å². The zero-order valence-corrected chi connectivity index (χ0v) is 11.4. The van der Waals surface area contributed by atoms with Gasteiger partial charge in [-0.2, -0.15) is 4.31 Å². The minimum absolute atomic E-state index is 0.0741. The summed E-state index contributed by atoms with van der Waals surface area (Å²) in [5, 5.41) is 8.93. The first-order valence-corrected chi connectivity index (χ1v) is 7.31. The van der Waals surface area contributed by atoms with Crippen LogP contribution in [0.5, 0.6) is 0 Å². The Balaban J connectivity index is 3.12. The molecule has 0 saturated heterocycles. The summed E-state index contributed by atoms with van der Waals surface area (Å²) in [6, 6.07) is 6.87. The largest absolute Gasteiger partial charge is 0.395 e. The van der Waals surface area contributed by atoms with Crippen LogP contribution in [0.25, 0.3) is 0 Å². The number of hydrogen-bond donors (Lipinski definition) is 1. The number of aliphatic hydroxyl groups excluding tert-OH is 1. The average Bonchev–Trinajstić information content (AvgIpc) is 2.38. The lowest BCUT2D eigenvalue weighted by molar-refractivity contribution is 0.260. The summed E-state index contributed by atoms with van der Waals surface area (Å²) in [6.07, 6.45) is 2.29. The second-order valence-corrected chi connectivity index (χ2v) is 5.81. The van der Waals surface area contributed by atoms with Gasteiger partial charge in [0.1, 0.15) is 0 Å². The summed E-state index contributed by atoms with van der Waals surface area (Å²) >= 11 is 0. The minimum Gasteiger partial charge on any atom is -0.395 e. The van der Waals surface area contributed by atoms with Gasteiger partial charge in [-0.3, -0.25) is 0 Å². The third-order valence-corrected chi connectivity index (χ3v) is 4.49. The third-order valence-electron chi connectivity index (χ3n) is 2.63. The van der Waals surface area contributed by atoms with Gasteiger partial charge in [-0.25, -0.2) is 8.42 Å². The first-order chi connectivity index (χ1) is 8.56. The smallest absolute Gasteiger partial charge is 0.243 e. The van der Waals surface area contributed by atoms with E-state index < -0.39 is 10.0 Å². The molecule has 0 saturated carbocycles. The molecule has 0 atom stereocenters. The predicted octanol–water partition coefficient (Wildman–Crippen LogP) is 1.42. The molecule has 0 heterocycles. The molecule has 100 valence electrons. The van der Waals surface area contributed by atoms with Crippen LogP contribution in [0, 0.1) is 0 Å². The van der Waals surface area contributed by atoms with Crippen LogP contribution in [0.15, 0.2) is 41.8 Å². The van der Waals surface area contributed by atoms with Crippen molar-refractivity contribution in [3.05, 3.63) is 42.5 Å². The zero-order chi connectivity index (χ0) is 13.6. The van der Waals surface area contributed by atoms with Gasteiger partial charge < -0.3 is 5.11 Å². The van der Waals surface area contributed by atoms with Crippen molar-refractivity contribution in [3.8, 4) is 0 Å². The van der Waals surface area contributed by atoms with Crippen LogP contribution < -0.4 is 0 Å². The van der Waals surface area contributed by atoms with E-state index in [0.717, 1.165) is 12.0 Å². The van der Waals surface area contributed by atoms with Gasteiger partial charge in [0.15, 0.2) is 0 Å². The number of aliphatic hydroxyl groups is 1. The second-order valence-electron chi connectivity index (χ2n) is 3.88. The van der Waals surface area contributed by atoms with Crippen LogP contribution in [0.4, 0.5) is 0 Å². The molecule has 0 aromatic heterocycles. The monoisotopic (exact) mass is 269 g/mol. The molecular formula is C13H19NO3S. The molecule has 18 heavy (non-hydrogen) atoms. The summed E-state index contributed by atoms with van der Waals surface area (Å²) in [5.41, 5.74) is 0.971. The van der Waals surface area contributed by atoms with Gasteiger partial charge in [-0.1, -0.05) is 25.1 Å². The number of aryl methyl sites for hydroxylation is 1. The normalized spacial score (nSPS) is 11.7. The Hall–Kier alpha value is -1.17. The fraction of sp³-hybridized carbons (Fsp3) is 0.385. The van der Waals surface area contributed by atoms with Crippen LogP contribution >= 0.6 is 0 Å². The molecule has 0 aliphatic carbocycles. The van der Waals surface area contributed by atoms with E-state index in [1.54, 1.807) is 18.2 Å². The quantitative estimate of drug-likeness (QED) is 0.762. The van der Waals surface area contributed by atoms with Crippen LogP contribution in [0.1, 0.15) is 12.5 Å². The molecule has 0 unspecified atom stereocenters. The highest BCUT2D eigenvalue weighted by Crippen LogP contribution is 2.17. The van der Waals surface area contributed by atoms with Crippen molar-refractivity contribution in [1.29, 1.82) is 0 Å². The van der Waals surface area contributed by atoms with Gasteiger partial charge in [-0.15, -0.1) is 6.58 Å². The molecule has 1 N–H and O–H groups in total. The lowest BCUT2D eigenvalue weighted by atomic mass is 10.2. The van der Waals surface area contributed by atoms with E-state index in [-0.39, 0.29) is 24.6 Å². The van der Waals surface area contributed by atoms with Crippen LogP contribution in [0.3, 0.4) is 0 Å². The van der Waals surface area contributed by atoms with Gasteiger partial charge in [-0.05, 0) is 24.1 Å². The van der Waals surface area contributed by atoms with E-state index in [1.165, 1.54) is 10.4 Å². The summed E-state index contributed by atoms with van der Waals surface area (Å²) < 4.78 is 25.9. The molecule has 0 fully saturated rings. The fourth-order valence-corrected chi connectivity index (χ4v) is 3.11. The molecule has 0 aliphatic heterocycles. The van der Waals surface area contributed by atoms with E-state index in [4.69, 9.17) is 5.11 Å². The lowest BCUT2D eigenvalue weighted by Crippen LogP contribution is -2.33. The molecule has 0 amide bonds. The lowest BCUT2D eigenvalue weighted by Gasteiger charge is -2.19. The summed E-state index contributed by atoms with van der Waals surface area (Å²) in [7, 11) is -3.56. The SMILES string of the molecule is C=CCN(CCO)S(=O)(=O)c1cccc(CC)c1. The topological polar surface area (TPSA) is 57.6 Å². The first-order valence-electron chi connectivity index (χ1n) is 5.87. The fourth-order valence-electron chi connectivity index (χ4n) is 1.64. The second kappa shape index (κ2) is 6.68. The van der Waals surface area contributed by atoms with Crippen molar-refractivity contribution in [3.63, 3.8) is 0 Å². The maximum absolute atomic E-state index is 12.3. The Kier molecular flexibility index (Phi) is 5.53. The highest BCUT2D eigenvalue weighted by molar-refractivity contribution is 7.89. The number of rotatable bonds is 7. The Morgan fingerprint density at radius 1 is 1.44 bits per heavy atom. The summed E-state index contributed by atoms with van der Waals surface area (Å²) in [6.45, 7) is 5.57. The van der Waals surface area contributed by atoms with Gasteiger partial charge in [0.2, 0.25) is 10.0 Å². The highest BCUT2D eigenvalue weighted by atomic mass is 32.2. The Bertz CT molecular complexity index is 497. The average molecular weight is 269 g/mol. The maximum Gasteiger partial charge on any atom is 0.243 e. The minimum atomic E-state index is -3.56. The van der Waals surface area contributed by atoms with E-state index in [9.17, 15) is 8.42 Å². The number of nitrogens with zero attached hydrogens (tertiary/aromatic N) is 1. The number of hydrogen-bond acceptors (Lipinski definition) is 3. The van der Waals surface area contributed by atoms with E-state index in [0.29, 0.717) is 0 Å². The molecule has 0 radical (unpaired) electrons. The molecule has 0 aliphatic rings. The van der Waals surface area contributed by atoms with Crippen molar-refractivity contribution in [2.75, 3.05) is 19.7 Å². The molecular weight excluding hydrogens is 250 g/mol. The van der Waals surface area contributed by atoms with Crippen molar-refractivity contribution < 1.29 is 13.5 Å². The van der Waals surface area contributed by atoms with Gasteiger partial charge >= 0.3 is 0 Å². The Morgan fingerprint density at radius 2 is 2.17 bits per heavy atom. The standard InChI is InChI=1S/C13H19NO3S/c1-3-8-14(9-10-15)18(16,17)13-7-5-6-12(4-2)11-13/h3,5-7,11,15H,1,4,8-10H2,2H3. The van der Waals surface area contributed by atoms with Crippen molar-refractivity contribution in [2.24, 2.45) is 0 Å². The summed E-state index contributed by atoms with van der Waals surface area (Å²) in [4.78, 5) is 0.261. The molecule has 1 aromatic carbocycles. The predicted molar refractivity (Wildman–Crippen MR) is 71.9 cm³/mol. The molecule has 5 heteroatoms. The highest BCUT2D eigenvalue weighted by Gasteiger charge is 2.22. The Labute approximate surface area is 109 Å². The molecule has 1 aromatic rings. The van der Waals surface area contributed by atoms with Crippen LogP contribution in [-0.4, -0.2) is 37.5 Å². The maximum atomic E-state index is 12.3. The number of sulfonamides is 1. The van der Waals surface area contributed by atoms with Crippen molar-refractivity contribution >= 4 is 10.0 Å². The van der Waals surface area contributed by atoms with Gasteiger partial charge in [0, 0.05) is 13.1 Å². The first kappa shape index (κ1) is 14.9. The molecule has 1 rings (SSSR count). The van der Waals surface area contributed by atoms with Crippen molar-refractivity contribution in [1.82, 2.24) is 4.31 Å². The van der Waals surface area contributed by atoms with Crippen LogP contribution in [-0.2, 0) is 16.4 Å². The molecule has 4 nitrogen and oxygen atoms in total. The summed E-state index contributed by atoms with van der Waals surface area (Å²) in [5.74, 6) is 0. The van der Waals surface area contributed by atoms with Crippen LogP contribution in [0.2, 0.25) is 0 Å². The molecule has 0 bridgehead atoms. The zero-order valence-electron chi connectivity index (χ0n) is 10.5. The molecule has 0 spiro atoms. The Morgan fingerprint density at radius 3 is 2.72 bits per heavy atom. The third kappa shape index (κ3) is 3.41.